The minimum atomic E-state index is 1.34. The molecule has 0 aliphatic carbocycles. The molecule has 15 heteroatoms. The quantitative estimate of drug-likeness (QED) is 0.146. The van der Waals surface area contributed by atoms with Crippen molar-refractivity contribution in [2.45, 2.75) is 0 Å². The summed E-state index contributed by atoms with van der Waals surface area (Å²) in [6.45, 7) is 0. The molecule has 0 saturated heterocycles. The predicted molar refractivity (Wildman–Crippen MR) is 253 cm³/mol. The molecule has 10 rings (SSSR count). The van der Waals surface area contributed by atoms with E-state index >= 15 is 0 Å². The SMILES string of the molecule is c1csc(-c2sc(-c3cccs3)c3ssc4c(-c5cccs5)sc(-c5cccs5)c4ssc4c(-c5cccs5)sc(-c5cccs5)c4ssc23)c1. The van der Waals surface area contributed by atoms with Crippen molar-refractivity contribution in [2.75, 3.05) is 0 Å². The van der Waals surface area contributed by atoms with Crippen LogP contribution in [-0.4, -0.2) is 0 Å². The van der Waals surface area contributed by atoms with Crippen LogP contribution in [0.2, 0.25) is 0 Å². The third-order valence-corrected chi connectivity index (χ3v) is 26.0. The molecule has 0 unspecified atom stereocenters. The summed E-state index contributed by atoms with van der Waals surface area (Å²) in [7, 11) is 11.8. The minimum absolute atomic E-state index is 1.34. The fourth-order valence-electron chi connectivity index (χ4n) is 5.33. The van der Waals surface area contributed by atoms with Crippen LogP contribution >= 0.6 is 164 Å². The monoisotopic (exact) mass is 930 g/mol. The minimum Gasteiger partial charge on any atom is -0.143 e. The van der Waals surface area contributed by atoms with Gasteiger partial charge in [0.15, 0.2) is 0 Å². The molecule has 0 saturated carbocycles. The Bertz CT molecular complexity index is 2320. The normalized spacial score (nSPS) is 11.5. The van der Waals surface area contributed by atoms with E-state index in [-0.39, 0.29) is 0 Å². The van der Waals surface area contributed by atoms with Crippen LogP contribution in [0.25, 0.3) is 86.7 Å². The summed E-state index contributed by atoms with van der Waals surface area (Å²) in [5, 5.41) is 13.3. The van der Waals surface area contributed by atoms with Crippen molar-refractivity contribution in [3.05, 3.63) is 105 Å². The van der Waals surface area contributed by atoms with Gasteiger partial charge in [0.05, 0.1) is 57.5 Å². The molecular formula is C36H18S15. The lowest BCUT2D eigenvalue weighted by atomic mass is 10.3. The smallest absolute Gasteiger partial charge is 0.0759 e. The molecule has 0 fully saturated rings. The van der Waals surface area contributed by atoms with Crippen molar-refractivity contribution in [1.82, 2.24) is 0 Å². The van der Waals surface area contributed by atoms with Gasteiger partial charge in [-0.25, -0.2) is 0 Å². The van der Waals surface area contributed by atoms with Crippen LogP contribution in [0.1, 0.15) is 0 Å². The average molecular weight is 932 g/mol. The van der Waals surface area contributed by atoms with E-state index in [9.17, 15) is 0 Å². The molecule has 0 amide bonds. The van der Waals surface area contributed by atoms with Gasteiger partial charge < -0.3 is 0 Å². The van der Waals surface area contributed by atoms with E-state index in [1.54, 1.807) is 0 Å². The lowest BCUT2D eigenvalue weighted by Gasteiger charge is -1.95. The van der Waals surface area contributed by atoms with Crippen LogP contribution in [-0.2, 0) is 0 Å². The van der Waals surface area contributed by atoms with Gasteiger partial charge in [0.1, 0.15) is 0 Å². The highest BCUT2D eigenvalue weighted by Gasteiger charge is 2.21. The van der Waals surface area contributed by atoms with Gasteiger partial charge in [-0.05, 0) is 68.7 Å². The van der Waals surface area contributed by atoms with E-state index in [1.165, 1.54) is 86.7 Å². The van der Waals surface area contributed by atoms with Crippen molar-refractivity contribution in [1.29, 1.82) is 0 Å². The third-order valence-electron chi connectivity index (χ3n) is 7.56. The molecule has 10 aromatic heterocycles. The molecule has 252 valence electrons. The van der Waals surface area contributed by atoms with Gasteiger partial charge in [0.2, 0.25) is 0 Å². The molecule has 51 heavy (non-hydrogen) atoms. The molecular weight excluding hydrogens is 913 g/mol. The molecule has 0 bridgehead atoms. The average Bonchev–Trinajstić information content (AvgIpc) is 4.01. The third kappa shape index (κ3) is 6.49. The molecule has 10 aromatic rings. The summed E-state index contributed by atoms with van der Waals surface area (Å²) < 4.78 is 8.29. The number of hydrogen-bond donors (Lipinski definition) is 0. The topological polar surface area (TPSA) is 0 Å². The van der Waals surface area contributed by atoms with Crippen molar-refractivity contribution in [2.24, 2.45) is 0 Å². The summed E-state index contributed by atoms with van der Waals surface area (Å²) in [5.41, 5.74) is 0. The van der Waals surface area contributed by atoms with E-state index in [2.05, 4.69) is 105 Å². The molecule has 0 aliphatic heterocycles. The van der Waals surface area contributed by atoms with Gasteiger partial charge in [0, 0.05) is 29.3 Å². The van der Waals surface area contributed by atoms with Gasteiger partial charge in [-0.15, -0.1) is 102 Å². The molecule has 0 atom stereocenters. The van der Waals surface area contributed by atoms with Crippen molar-refractivity contribution < 1.29 is 0 Å². The van der Waals surface area contributed by atoms with Crippen molar-refractivity contribution in [3.63, 3.8) is 0 Å². The Kier molecular flexibility index (Phi) is 10.1. The Labute approximate surface area is 351 Å². The number of rotatable bonds is 6. The van der Waals surface area contributed by atoms with Crippen LogP contribution in [0, 0.1) is 0 Å². The fourth-order valence-corrected chi connectivity index (χ4v) is 25.9. The molecule has 0 aliphatic rings. The second kappa shape index (κ2) is 15.0. The van der Waals surface area contributed by atoms with E-state index in [0.717, 1.165) is 0 Å². The first-order chi connectivity index (χ1) is 25.3. The largest absolute Gasteiger partial charge is 0.143 e. The molecule has 0 nitrogen and oxygen atoms in total. The van der Waals surface area contributed by atoms with E-state index in [1.807, 2.05) is 164 Å². The first-order valence-electron chi connectivity index (χ1n) is 15.1. The zero-order chi connectivity index (χ0) is 33.7. The van der Waals surface area contributed by atoms with E-state index < -0.39 is 0 Å². The van der Waals surface area contributed by atoms with E-state index in [4.69, 9.17) is 0 Å². The van der Waals surface area contributed by atoms with Crippen molar-refractivity contribution >= 4 is 192 Å². The molecule has 0 aromatic carbocycles. The van der Waals surface area contributed by atoms with Crippen LogP contribution < -0.4 is 0 Å². The second-order valence-corrected chi connectivity index (χ2v) is 25.8. The van der Waals surface area contributed by atoms with Gasteiger partial charge in [0.25, 0.3) is 0 Å². The Morgan fingerprint density at radius 1 is 0.235 bits per heavy atom. The zero-order valence-electron chi connectivity index (χ0n) is 25.5. The van der Waals surface area contributed by atoms with Gasteiger partial charge in [-0.2, -0.15) is 0 Å². The lowest BCUT2D eigenvalue weighted by Crippen LogP contribution is -1.63. The molecule has 0 N–H and O–H groups in total. The molecule has 0 radical (unpaired) electrons. The highest BCUT2D eigenvalue weighted by molar-refractivity contribution is 7.80. The lowest BCUT2D eigenvalue weighted by molar-refractivity contribution is 2.00. The molecule has 0 spiro atoms. The van der Waals surface area contributed by atoms with Gasteiger partial charge in [-0.1, -0.05) is 98.4 Å². The maximum Gasteiger partial charge on any atom is 0.0759 e. The Hall–Kier alpha value is -1.38. The standard InChI is InChI=1S/C36H18S15/c1-7-19(37-13-1)25-31-32(26(43-25)20-8-2-14-38-20)47-49-35-29(23-11-5-17-41-23)45-30(24-12-6-18-42-24)36(35)51-50-34-28(22-10-4-16-40-22)44-27(33(34)48-46-31)21-9-3-15-39-21/h1-18H. The Morgan fingerprint density at radius 3 is 0.549 bits per heavy atom. The summed E-state index contributed by atoms with van der Waals surface area (Å²) in [6.07, 6.45) is 0. The fraction of sp³-hybridized carbons (Fsp3) is 0. The van der Waals surface area contributed by atoms with Gasteiger partial charge >= 0.3 is 0 Å². The predicted octanol–water partition coefficient (Wildman–Crippen LogP) is 19.4. The number of thiophene rings is 9. The summed E-state index contributed by atoms with van der Waals surface area (Å²) in [6, 6.07) is 26.9. The van der Waals surface area contributed by atoms with Crippen LogP contribution in [0.5, 0.6) is 0 Å². The summed E-state index contributed by atoms with van der Waals surface area (Å²) >= 11 is 17.0. The van der Waals surface area contributed by atoms with Crippen LogP contribution in [0.4, 0.5) is 0 Å². The molecule has 10 heterocycles. The first-order valence-corrected chi connectivity index (χ1v) is 29.2. The van der Waals surface area contributed by atoms with Gasteiger partial charge in [-0.3, -0.25) is 0 Å². The zero-order valence-corrected chi connectivity index (χ0v) is 37.8. The summed E-state index contributed by atoms with van der Waals surface area (Å²) in [5.74, 6) is 0. The van der Waals surface area contributed by atoms with Crippen LogP contribution in [0.3, 0.4) is 0 Å². The second-order valence-electron chi connectivity index (χ2n) is 10.6. The van der Waals surface area contributed by atoms with Crippen LogP contribution in [0.15, 0.2) is 105 Å². The number of hydrogen-bond acceptors (Lipinski definition) is 15. The van der Waals surface area contributed by atoms with E-state index in [0.29, 0.717) is 0 Å². The van der Waals surface area contributed by atoms with Crippen molar-refractivity contribution in [3.8, 4) is 58.5 Å². The highest BCUT2D eigenvalue weighted by atomic mass is 32.9. The Morgan fingerprint density at radius 2 is 0.412 bits per heavy atom. The highest BCUT2D eigenvalue weighted by Crippen LogP contribution is 2.55. The maximum absolute atomic E-state index is 2.29. The first kappa shape index (κ1) is 34.1. The summed E-state index contributed by atoms with van der Waals surface area (Å²) in [4.78, 5) is 16.3. The maximum atomic E-state index is 2.29. The number of fused-ring (bicyclic) bond motifs is 3. The Balaban J connectivity index is 1.43.